The number of hydrogen-bond donors (Lipinski definition) is 0. The van der Waals surface area contributed by atoms with Gasteiger partial charge in [-0.3, -0.25) is 4.90 Å². The maximum absolute atomic E-state index is 13.1. The molecule has 1 aliphatic heterocycles. The van der Waals surface area contributed by atoms with Crippen molar-refractivity contribution in [2.45, 2.75) is 5.92 Å². The summed E-state index contributed by atoms with van der Waals surface area (Å²) in [6.45, 7) is 0. The van der Waals surface area contributed by atoms with Crippen LogP contribution in [0.5, 0.6) is 0 Å². The number of nitrogens with zero attached hydrogens (tertiary/aromatic N) is 2. The van der Waals surface area contributed by atoms with Gasteiger partial charge >= 0.3 is 12.1 Å². The summed E-state index contributed by atoms with van der Waals surface area (Å²) < 4.78 is 12.2. The van der Waals surface area contributed by atoms with Gasteiger partial charge in [0.25, 0.3) is 0 Å². The second-order valence-corrected chi connectivity index (χ2v) is 8.24. The zero-order chi connectivity index (χ0) is 23.8. The van der Waals surface area contributed by atoms with Crippen LogP contribution in [0.3, 0.4) is 0 Å². The number of rotatable bonds is 3. The van der Waals surface area contributed by atoms with Crippen molar-refractivity contribution in [1.82, 2.24) is 4.40 Å². The topological polar surface area (TPSA) is 60.2 Å². The Labute approximate surface area is 201 Å². The minimum Gasteiger partial charge on any atom is -0.465 e. The molecule has 4 aromatic rings. The molecule has 0 spiro atoms. The predicted molar refractivity (Wildman–Crippen MR) is 131 cm³/mol. The number of anilines is 1. The molecule has 170 valence electrons. The van der Waals surface area contributed by atoms with Crippen LogP contribution in [-0.4, -0.2) is 30.7 Å². The summed E-state index contributed by atoms with van der Waals surface area (Å²) in [6, 6.07) is 20.8. The van der Waals surface area contributed by atoms with Gasteiger partial charge < -0.3 is 13.9 Å². The maximum Gasteiger partial charge on any atom is 0.418 e. The van der Waals surface area contributed by atoms with E-state index in [1.54, 1.807) is 18.3 Å². The number of allylic oxidation sites excluding steroid dienone is 1. The number of methoxy groups -OCH3 is 2. The van der Waals surface area contributed by atoms with Gasteiger partial charge in [-0.2, -0.15) is 0 Å². The average molecular weight is 473 g/mol. The Kier molecular flexibility index (Phi) is 5.59. The van der Waals surface area contributed by atoms with Crippen LogP contribution in [0, 0.1) is 0 Å². The molecular formula is C27H21ClN2O4. The van der Waals surface area contributed by atoms with Gasteiger partial charge in [0.05, 0.1) is 31.0 Å². The summed E-state index contributed by atoms with van der Waals surface area (Å²) in [7, 11) is 2.73. The maximum atomic E-state index is 13.1. The Morgan fingerprint density at radius 1 is 0.912 bits per heavy atom. The molecule has 0 unspecified atom stereocenters. The highest BCUT2D eigenvalue weighted by Gasteiger charge is 2.33. The molecule has 34 heavy (non-hydrogen) atoms. The fourth-order valence-corrected chi connectivity index (χ4v) is 4.70. The van der Waals surface area contributed by atoms with Crippen molar-refractivity contribution >= 4 is 34.9 Å². The second-order valence-electron chi connectivity index (χ2n) is 7.81. The number of benzene rings is 2. The summed E-state index contributed by atoms with van der Waals surface area (Å²) in [4.78, 5) is 26.9. The second kappa shape index (κ2) is 8.72. The molecule has 1 amide bonds. The van der Waals surface area contributed by atoms with Gasteiger partial charge in [0.15, 0.2) is 0 Å². The molecule has 0 saturated carbocycles. The van der Waals surface area contributed by atoms with E-state index < -0.39 is 12.1 Å². The molecule has 7 heteroatoms. The van der Waals surface area contributed by atoms with E-state index in [0.29, 0.717) is 10.6 Å². The number of para-hydroxylation sites is 1. The molecule has 2 aromatic carbocycles. The van der Waals surface area contributed by atoms with Gasteiger partial charge in [0.1, 0.15) is 0 Å². The minimum absolute atomic E-state index is 0.254. The number of pyridine rings is 1. The lowest BCUT2D eigenvalue weighted by atomic mass is 9.86. The molecule has 6 nitrogen and oxygen atoms in total. The van der Waals surface area contributed by atoms with E-state index in [9.17, 15) is 9.59 Å². The van der Waals surface area contributed by atoms with Crippen molar-refractivity contribution in [3.05, 3.63) is 107 Å². The third kappa shape index (κ3) is 3.43. The van der Waals surface area contributed by atoms with E-state index in [1.807, 2.05) is 71.3 Å². The van der Waals surface area contributed by atoms with Gasteiger partial charge in [-0.25, -0.2) is 9.59 Å². The largest absolute Gasteiger partial charge is 0.465 e. The van der Waals surface area contributed by atoms with Crippen molar-refractivity contribution in [2.75, 3.05) is 19.1 Å². The average Bonchev–Trinajstić information content (AvgIpc) is 3.22. The first-order valence-electron chi connectivity index (χ1n) is 10.7. The number of ether oxygens (including phenoxy) is 2. The summed E-state index contributed by atoms with van der Waals surface area (Å²) in [5.74, 6) is -0.680. The zero-order valence-electron chi connectivity index (χ0n) is 18.6. The lowest BCUT2D eigenvalue weighted by Gasteiger charge is -2.29. The minimum atomic E-state index is -0.477. The van der Waals surface area contributed by atoms with E-state index >= 15 is 0 Å². The zero-order valence-corrected chi connectivity index (χ0v) is 19.3. The molecule has 0 fully saturated rings. The van der Waals surface area contributed by atoms with E-state index in [1.165, 1.54) is 19.1 Å². The molecule has 1 atom stereocenters. The molecular weight excluding hydrogens is 452 g/mol. The van der Waals surface area contributed by atoms with Crippen molar-refractivity contribution in [2.24, 2.45) is 0 Å². The fourth-order valence-electron chi connectivity index (χ4n) is 4.58. The van der Waals surface area contributed by atoms with Crippen molar-refractivity contribution in [1.29, 1.82) is 0 Å². The van der Waals surface area contributed by atoms with Crippen LogP contribution in [0.1, 0.15) is 27.5 Å². The Hall–Kier alpha value is -4.03. The highest BCUT2D eigenvalue weighted by atomic mass is 35.5. The number of esters is 1. The monoisotopic (exact) mass is 472 g/mol. The first kappa shape index (κ1) is 21.8. The molecule has 0 radical (unpaired) electrons. The number of aromatic nitrogens is 1. The van der Waals surface area contributed by atoms with Crippen molar-refractivity contribution in [3.8, 4) is 11.1 Å². The SMILES string of the molecule is COC(=O)c1c(-c2ccc(Cl)cc2)c([C@@H]2C=CN(C(=O)OC)c3ccccc32)n2ccccc12. The Morgan fingerprint density at radius 3 is 2.38 bits per heavy atom. The summed E-state index contributed by atoms with van der Waals surface area (Å²) >= 11 is 6.16. The summed E-state index contributed by atoms with van der Waals surface area (Å²) in [5, 5.41) is 0.602. The number of halogens is 1. The lowest BCUT2D eigenvalue weighted by Crippen LogP contribution is -2.29. The van der Waals surface area contributed by atoms with Crippen molar-refractivity contribution < 1.29 is 19.1 Å². The van der Waals surface area contributed by atoms with Crippen LogP contribution in [0.2, 0.25) is 5.02 Å². The Bertz CT molecular complexity index is 1440. The van der Waals surface area contributed by atoms with Crippen LogP contribution in [0.15, 0.2) is 85.2 Å². The van der Waals surface area contributed by atoms with Gasteiger partial charge in [0.2, 0.25) is 0 Å². The molecule has 0 bridgehead atoms. The molecule has 2 aromatic heterocycles. The smallest absolute Gasteiger partial charge is 0.418 e. The number of carbonyl (C=O) groups excluding carboxylic acids is 2. The Balaban J connectivity index is 1.84. The number of amides is 1. The molecule has 0 N–H and O–H groups in total. The van der Waals surface area contributed by atoms with Crippen LogP contribution in [-0.2, 0) is 9.47 Å². The molecule has 0 saturated heterocycles. The van der Waals surface area contributed by atoms with Crippen LogP contribution in [0.25, 0.3) is 16.6 Å². The quantitative estimate of drug-likeness (QED) is 0.329. The first-order chi connectivity index (χ1) is 16.5. The van der Waals surface area contributed by atoms with Gasteiger partial charge in [0, 0.05) is 34.6 Å². The number of fused-ring (bicyclic) bond motifs is 2. The van der Waals surface area contributed by atoms with Gasteiger partial charge in [-0.1, -0.05) is 54.1 Å². The third-order valence-corrected chi connectivity index (χ3v) is 6.28. The number of hydrogen-bond acceptors (Lipinski definition) is 4. The van der Waals surface area contributed by atoms with E-state index in [-0.39, 0.29) is 5.92 Å². The molecule has 0 aliphatic carbocycles. The first-order valence-corrected chi connectivity index (χ1v) is 11.0. The van der Waals surface area contributed by atoms with Crippen LogP contribution < -0.4 is 4.90 Å². The fraction of sp³-hybridized carbons (Fsp3) is 0.111. The lowest BCUT2D eigenvalue weighted by molar-refractivity contribution is 0.0604. The third-order valence-electron chi connectivity index (χ3n) is 6.03. The van der Waals surface area contributed by atoms with Gasteiger partial charge in [-0.15, -0.1) is 0 Å². The summed E-state index contributed by atoms with van der Waals surface area (Å²) in [5.41, 5.74) is 5.30. The van der Waals surface area contributed by atoms with Crippen LogP contribution in [0.4, 0.5) is 10.5 Å². The van der Waals surface area contributed by atoms with E-state index in [2.05, 4.69) is 0 Å². The highest BCUT2D eigenvalue weighted by molar-refractivity contribution is 6.30. The Morgan fingerprint density at radius 2 is 1.65 bits per heavy atom. The summed E-state index contributed by atoms with van der Waals surface area (Å²) in [6.07, 6.45) is 5.11. The predicted octanol–water partition coefficient (Wildman–Crippen LogP) is 6.28. The molecule has 3 heterocycles. The standard InChI is InChI=1S/C27H21ClN2O4/c1-33-26(31)24-22-9-5-6-15-29(22)25(23(24)17-10-12-18(28)13-11-17)20-14-16-30(27(32)34-2)21-8-4-3-7-19(20)21/h3-16,20H,1-2H3/t20-/m1/s1. The van der Waals surface area contributed by atoms with E-state index in [4.69, 9.17) is 21.1 Å². The molecule has 1 aliphatic rings. The normalized spacial score (nSPS) is 14.7. The van der Waals surface area contributed by atoms with E-state index in [0.717, 1.165) is 33.6 Å². The highest BCUT2D eigenvalue weighted by Crippen LogP contribution is 2.45. The van der Waals surface area contributed by atoms with Crippen LogP contribution >= 0.6 is 11.6 Å². The van der Waals surface area contributed by atoms with Crippen molar-refractivity contribution in [3.63, 3.8) is 0 Å². The number of carbonyl (C=O) groups is 2. The van der Waals surface area contributed by atoms with Gasteiger partial charge in [-0.05, 0) is 41.5 Å². The molecule has 5 rings (SSSR count).